The highest BCUT2D eigenvalue weighted by molar-refractivity contribution is 7.98. The number of nitrogens with one attached hydrogen (secondary N) is 1. The summed E-state index contributed by atoms with van der Waals surface area (Å²) in [5.41, 5.74) is 3.97. The second-order valence-corrected chi connectivity index (χ2v) is 8.54. The number of aromatic nitrogens is 4. The summed E-state index contributed by atoms with van der Waals surface area (Å²) < 4.78 is 2.15. The molecular weight excluding hydrogens is 394 g/mol. The number of nitrogens with zero attached hydrogens (tertiary/aromatic N) is 4. The van der Waals surface area contributed by atoms with Gasteiger partial charge in [-0.3, -0.25) is 4.79 Å². The first-order valence-corrected chi connectivity index (χ1v) is 11.2. The van der Waals surface area contributed by atoms with Crippen LogP contribution in [-0.2, 0) is 5.75 Å². The molecule has 1 amide bonds. The topological polar surface area (TPSA) is 66.8 Å². The highest BCUT2D eigenvalue weighted by atomic mass is 32.2. The molecule has 7 heteroatoms. The lowest BCUT2D eigenvalue weighted by atomic mass is 10.0. The Labute approximate surface area is 179 Å². The van der Waals surface area contributed by atoms with Crippen LogP contribution < -0.4 is 0 Å². The Hall–Kier alpha value is -3.06. The van der Waals surface area contributed by atoms with Gasteiger partial charge in [-0.1, -0.05) is 36.0 Å². The number of benzene rings is 2. The molecule has 1 aliphatic rings. The number of carbonyl (C=O) groups excluding carboxylic acids is 1. The fourth-order valence-electron chi connectivity index (χ4n) is 3.93. The third-order valence-electron chi connectivity index (χ3n) is 5.64. The van der Waals surface area contributed by atoms with E-state index in [0.29, 0.717) is 6.04 Å². The molecule has 3 heterocycles. The quantitative estimate of drug-likeness (QED) is 0.485. The third kappa shape index (κ3) is 3.98. The molecule has 2 aromatic heterocycles. The van der Waals surface area contributed by atoms with E-state index in [4.69, 9.17) is 0 Å². The molecule has 0 atom stereocenters. The first kappa shape index (κ1) is 18.9. The second kappa shape index (κ2) is 8.36. The third-order valence-corrected chi connectivity index (χ3v) is 6.59. The van der Waals surface area contributed by atoms with E-state index < -0.39 is 0 Å². The fraction of sp³-hybridized carbons (Fsp3) is 0.261. The van der Waals surface area contributed by atoms with Gasteiger partial charge in [0.15, 0.2) is 5.16 Å². The fourth-order valence-corrected chi connectivity index (χ4v) is 4.77. The molecule has 0 radical (unpaired) electrons. The van der Waals surface area contributed by atoms with Crippen LogP contribution in [0.5, 0.6) is 0 Å². The summed E-state index contributed by atoms with van der Waals surface area (Å²) in [5, 5.41) is 0.914. The number of carbonyl (C=O) groups is 1. The van der Waals surface area contributed by atoms with Gasteiger partial charge in [-0.2, -0.15) is 0 Å². The largest absolute Gasteiger partial charge is 0.338 e. The van der Waals surface area contributed by atoms with Gasteiger partial charge in [0.05, 0.1) is 17.4 Å². The molecule has 0 aliphatic carbocycles. The van der Waals surface area contributed by atoms with Gasteiger partial charge in [-0.15, -0.1) is 0 Å². The van der Waals surface area contributed by atoms with Crippen LogP contribution in [0.15, 0.2) is 72.4 Å². The smallest absolute Gasteiger partial charge is 0.253 e. The number of piperidine rings is 1. The second-order valence-electron chi connectivity index (χ2n) is 7.58. The van der Waals surface area contributed by atoms with E-state index in [2.05, 4.69) is 19.5 Å². The monoisotopic (exact) mass is 417 g/mol. The summed E-state index contributed by atoms with van der Waals surface area (Å²) in [5.74, 6) is 0.931. The molecule has 0 saturated carbocycles. The molecule has 6 nitrogen and oxygen atoms in total. The van der Waals surface area contributed by atoms with Crippen molar-refractivity contribution in [3.8, 4) is 0 Å². The Morgan fingerprint density at radius 2 is 1.90 bits per heavy atom. The van der Waals surface area contributed by atoms with Crippen molar-refractivity contribution in [3.63, 3.8) is 0 Å². The van der Waals surface area contributed by atoms with Crippen molar-refractivity contribution in [2.45, 2.75) is 29.8 Å². The molecule has 5 rings (SSSR count). The molecule has 2 aromatic carbocycles. The van der Waals surface area contributed by atoms with Crippen LogP contribution in [0.2, 0.25) is 0 Å². The van der Waals surface area contributed by atoms with Gasteiger partial charge in [0.25, 0.3) is 5.91 Å². The highest BCUT2D eigenvalue weighted by Gasteiger charge is 2.24. The number of H-pyrrole nitrogens is 1. The predicted molar refractivity (Wildman–Crippen MR) is 118 cm³/mol. The zero-order valence-electron chi connectivity index (χ0n) is 16.6. The molecule has 1 saturated heterocycles. The van der Waals surface area contributed by atoms with E-state index in [1.165, 1.54) is 5.56 Å². The number of aromatic amines is 1. The van der Waals surface area contributed by atoms with Crippen molar-refractivity contribution in [1.29, 1.82) is 0 Å². The average Bonchev–Trinajstić information content (AvgIpc) is 3.47. The van der Waals surface area contributed by atoms with Crippen molar-refractivity contribution < 1.29 is 4.79 Å². The zero-order valence-corrected chi connectivity index (χ0v) is 17.4. The Balaban J connectivity index is 1.17. The Morgan fingerprint density at radius 1 is 1.10 bits per heavy atom. The molecule has 152 valence electrons. The van der Waals surface area contributed by atoms with Crippen molar-refractivity contribution >= 4 is 28.7 Å². The number of hydrogen-bond acceptors (Lipinski definition) is 4. The number of amides is 1. The van der Waals surface area contributed by atoms with Gasteiger partial charge < -0.3 is 14.5 Å². The molecule has 0 bridgehead atoms. The zero-order chi connectivity index (χ0) is 20.3. The van der Waals surface area contributed by atoms with E-state index in [1.54, 1.807) is 11.8 Å². The van der Waals surface area contributed by atoms with E-state index in [-0.39, 0.29) is 5.91 Å². The minimum absolute atomic E-state index is 0.121. The number of likely N-dealkylation sites (tertiary alicyclic amines) is 1. The van der Waals surface area contributed by atoms with Gasteiger partial charge in [-0.25, -0.2) is 9.97 Å². The van der Waals surface area contributed by atoms with Gasteiger partial charge >= 0.3 is 0 Å². The maximum atomic E-state index is 12.9. The van der Waals surface area contributed by atoms with Crippen molar-refractivity contribution in [1.82, 2.24) is 24.4 Å². The highest BCUT2D eigenvalue weighted by Crippen LogP contribution is 2.25. The number of hydrogen-bond donors (Lipinski definition) is 1. The molecule has 0 spiro atoms. The Bertz CT molecular complexity index is 1100. The summed E-state index contributed by atoms with van der Waals surface area (Å²) >= 11 is 1.67. The summed E-state index contributed by atoms with van der Waals surface area (Å²) in [6.45, 7) is 1.57. The minimum Gasteiger partial charge on any atom is -0.338 e. The van der Waals surface area contributed by atoms with Crippen LogP contribution in [0.3, 0.4) is 0 Å². The molecular formula is C23H23N5OS. The molecule has 30 heavy (non-hydrogen) atoms. The number of para-hydroxylation sites is 2. The number of thioether (sulfide) groups is 1. The first-order chi connectivity index (χ1) is 14.8. The van der Waals surface area contributed by atoms with Gasteiger partial charge in [0.1, 0.15) is 0 Å². The van der Waals surface area contributed by atoms with Crippen LogP contribution in [0.4, 0.5) is 0 Å². The minimum atomic E-state index is 0.121. The number of imidazole rings is 2. The summed E-state index contributed by atoms with van der Waals surface area (Å²) in [6.07, 6.45) is 7.61. The van der Waals surface area contributed by atoms with E-state index in [9.17, 15) is 4.79 Å². The van der Waals surface area contributed by atoms with Crippen LogP contribution >= 0.6 is 11.8 Å². The Kier molecular flexibility index (Phi) is 5.27. The molecule has 0 unspecified atom stereocenters. The SMILES string of the molecule is O=C(c1ccc(CSc2nc3ccccc3[nH]2)cc1)N1CCC(n2ccnc2)CC1. The van der Waals surface area contributed by atoms with Crippen molar-refractivity contribution in [3.05, 3.63) is 78.4 Å². The molecule has 1 aliphatic heterocycles. The van der Waals surface area contributed by atoms with Crippen LogP contribution in [0, 0.1) is 0 Å². The van der Waals surface area contributed by atoms with Crippen LogP contribution in [-0.4, -0.2) is 43.4 Å². The standard InChI is InChI=1S/C23H23N5OS/c29-22(27-12-9-19(10-13-27)28-14-11-24-16-28)18-7-5-17(6-8-18)15-30-23-25-20-3-1-2-4-21(20)26-23/h1-8,11,14,16,19H,9-10,12-13,15H2,(H,25,26). The maximum absolute atomic E-state index is 12.9. The lowest BCUT2D eigenvalue weighted by Gasteiger charge is -2.32. The van der Waals surface area contributed by atoms with E-state index in [0.717, 1.165) is 53.4 Å². The first-order valence-electron chi connectivity index (χ1n) is 10.2. The van der Waals surface area contributed by atoms with Gasteiger partial charge in [0.2, 0.25) is 0 Å². The summed E-state index contributed by atoms with van der Waals surface area (Å²) in [7, 11) is 0. The molecule has 4 aromatic rings. The summed E-state index contributed by atoms with van der Waals surface area (Å²) in [6, 6.07) is 16.5. The lowest BCUT2D eigenvalue weighted by Crippen LogP contribution is -2.38. The van der Waals surface area contributed by atoms with Gasteiger partial charge in [-0.05, 0) is 42.7 Å². The van der Waals surface area contributed by atoms with Crippen LogP contribution in [0.25, 0.3) is 11.0 Å². The summed E-state index contributed by atoms with van der Waals surface area (Å²) in [4.78, 5) is 26.9. The number of fused-ring (bicyclic) bond motifs is 1. The normalized spacial score (nSPS) is 15.0. The van der Waals surface area contributed by atoms with E-state index >= 15 is 0 Å². The predicted octanol–water partition coefficient (Wildman–Crippen LogP) is 4.53. The average molecular weight is 418 g/mol. The number of rotatable bonds is 5. The van der Waals surface area contributed by atoms with Crippen LogP contribution in [0.1, 0.15) is 34.8 Å². The molecule has 1 fully saturated rings. The van der Waals surface area contributed by atoms with E-state index in [1.807, 2.05) is 72.2 Å². The molecule has 1 N–H and O–H groups in total. The lowest BCUT2D eigenvalue weighted by molar-refractivity contribution is 0.0694. The Morgan fingerprint density at radius 3 is 2.63 bits per heavy atom. The van der Waals surface area contributed by atoms with Crippen molar-refractivity contribution in [2.24, 2.45) is 0 Å². The van der Waals surface area contributed by atoms with Gasteiger partial charge in [0, 0.05) is 42.8 Å². The van der Waals surface area contributed by atoms with Crippen molar-refractivity contribution in [2.75, 3.05) is 13.1 Å². The maximum Gasteiger partial charge on any atom is 0.253 e.